The van der Waals surface area contributed by atoms with Crippen molar-refractivity contribution in [2.75, 3.05) is 13.2 Å². The van der Waals surface area contributed by atoms with Crippen molar-refractivity contribution in [3.63, 3.8) is 0 Å². The van der Waals surface area contributed by atoms with Crippen LogP contribution < -0.4 is 5.73 Å². The average molecular weight is 173 g/mol. The summed E-state index contributed by atoms with van der Waals surface area (Å²) < 4.78 is 5.41. The van der Waals surface area contributed by atoms with Gasteiger partial charge in [0.2, 0.25) is 0 Å². The second-order valence-electron chi connectivity index (χ2n) is 3.78. The summed E-state index contributed by atoms with van der Waals surface area (Å²) >= 11 is 0. The molecule has 0 saturated heterocycles. The molecule has 0 aliphatic rings. The van der Waals surface area contributed by atoms with Crippen molar-refractivity contribution in [1.29, 1.82) is 0 Å². The lowest BCUT2D eigenvalue weighted by Gasteiger charge is -2.09. The minimum atomic E-state index is 0.226. The van der Waals surface area contributed by atoms with Crippen molar-refractivity contribution in [2.45, 2.75) is 46.1 Å². The molecule has 2 N–H and O–H groups in total. The first-order valence-electron chi connectivity index (χ1n) is 5.00. The minimum Gasteiger partial charge on any atom is -0.380 e. The molecule has 0 aromatic carbocycles. The molecule has 74 valence electrons. The second kappa shape index (κ2) is 7.56. The lowest BCUT2D eigenvalue weighted by Crippen LogP contribution is -2.25. The molecule has 0 radical (unpaired) electrons. The van der Waals surface area contributed by atoms with E-state index < -0.39 is 0 Å². The Morgan fingerprint density at radius 1 is 1.33 bits per heavy atom. The van der Waals surface area contributed by atoms with E-state index in [1.165, 1.54) is 6.42 Å². The highest BCUT2D eigenvalue weighted by Crippen LogP contribution is 2.03. The molecule has 0 fully saturated rings. The Hall–Kier alpha value is -0.0800. The summed E-state index contributed by atoms with van der Waals surface area (Å²) in [6.07, 6.45) is 3.42. The van der Waals surface area contributed by atoms with E-state index in [1.807, 2.05) is 0 Å². The Labute approximate surface area is 76.5 Å². The van der Waals surface area contributed by atoms with Gasteiger partial charge in [0.1, 0.15) is 0 Å². The molecule has 0 rings (SSSR count). The molecule has 0 bridgehead atoms. The molecule has 0 spiro atoms. The number of nitrogens with two attached hydrogens (primary N) is 1. The Morgan fingerprint density at radius 3 is 2.50 bits per heavy atom. The van der Waals surface area contributed by atoms with Crippen LogP contribution in [0.2, 0.25) is 0 Å². The lowest BCUT2D eigenvalue weighted by atomic mass is 10.1. The van der Waals surface area contributed by atoms with Crippen LogP contribution in [0.4, 0.5) is 0 Å². The van der Waals surface area contributed by atoms with Crippen molar-refractivity contribution in [3.05, 3.63) is 0 Å². The molecule has 2 heteroatoms. The monoisotopic (exact) mass is 173 g/mol. The van der Waals surface area contributed by atoms with Crippen molar-refractivity contribution in [2.24, 2.45) is 11.7 Å². The quantitative estimate of drug-likeness (QED) is 0.599. The second-order valence-corrected chi connectivity index (χ2v) is 3.78. The SMILES string of the molecule is CCC(N)COCCCC(C)C. The zero-order chi connectivity index (χ0) is 9.40. The summed E-state index contributed by atoms with van der Waals surface area (Å²) in [4.78, 5) is 0. The number of hydrogen-bond acceptors (Lipinski definition) is 2. The topological polar surface area (TPSA) is 35.2 Å². The van der Waals surface area contributed by atoms with Crippen LogP contribution in [0.3, 0.4) is 0 Å². The third-order valence-electron chi connectivity index (χ3n) is 1.93. The zero-order valence-electron chi connectivity index (χ0n) is 8.68. The molecular formula is C10H23NO. The van der Waals surface area contributed by atoms with Gasteiger partial charge in [-0.3, -0.25) is 0 Å². The van der Waals surface area contributed by atoms with E-state index >= 15 is 0 Å². The van der Waals surface area contributed by atoms with Gasteiger partial charge in [0.05, 0.1) is 6.61 Å². The largest absolute Gasteiger partial charge is 0.380 e. The fourth-order valence-electron chi connectivity index (χ4n) is 0.946. The number of hydrogen-bond donors (Lipinski definition) is 1. The molecule has 0 aliphatic heterocycles. The molecule has 0 saturated carbocycles. The molecular weight excluding hydrogens is 150 g/mol. The van der Waals surface area contributed by atoms with Gasteiger partial charge >= 0.3 is 0 Å². The molecule has 12 heavy (non-hydrogen) atoms. The van der Waals surface area contributed by atoms with Gasteiger partial charge in [-0.15, -0.1) is 0 Å². The fraction of sp³-hybridized carbons (Fsp3) is 1.00. The van der Waals surface area contributed by atoms with Crippen molar-refractivity contribution in [3.8, 4) is 0 Å². The average Bonchev–Trinajstić information content (AvgIpc) is 2.03. The normalized spacial score (nSPS) is 13.8. The Balaban J connectivity index is 3.00. The van der Waals surface area contributed by atoms with Gasteiger partial charge in [-0.1, -0.05) is 20.8 Å². The van der Waals surface area contributed by atoms with E-state index in [1.54, 1.807) is 0 Å². The van der Waals surface area contributed by atoms with Gasteiger partial charge in [-0.25, -0.2) is 0 Å². The van der Waals surface area contributed by atoms with Crippen molar-refractivity contribution >= 4 is 0 Å². The molecule has 1 atom stereocenters. The summed E-state index contributed by atoms with van der Waals surface area (Å²) in [5.41, 5.74) is 5.69. The zero-order valence-corrected chi connectivity index (χ0v) is 8.68. The summed E-state index contributed by atoms with van der Waals surface area (Å²) in [7, 11) is 0. The van der Waals surface area contributed by atoms with E-state index in [4.69, 9.17) is 10.5 Å². The standard InChI is InChI=1S/C10H23NO/c1-4-10(11)8-12-7-5-6-9(2)3/h9-10H,4-8,11H2,1-3H3. The predicted molar refractivity (Wildman–Crippen MR) is 53.2 cm³/mol. The first-order chi connectivity index (χ1) is 5.66. The van der Waals surface area contributed by atoms with Crippen LogP contribution in [0.15, 0.2) is 0 Å². The van der Waals surface area contributed by atoms with Crippen LogP contribution in [-0.2, 0) is 4.74 Å². The lowest BCUT2D eigenvalue weighted by molar-refractivity contribution is 0.114. The Kier molecular flexibility index (Phi) is 7.51. The first-order valence-corrected chi connectivity index (χ1v) is 5.00. The maximum Gasteiger partial charge on any atom is 0.0617 e. The third kappa shape index (κ3) is 8.02. The molecule has 0 aliphatic carbocycles. The van der Waals surface area contributed by atoms with Gasteiger partial charge < -0.3 is 10.5 Å². The van der Waals surface area contributed by atoms with Gasteiger partial charge in [0, 0.05) is 12.6 Å². The van der Waals surface area contributed by atoms with Crippen LogP contribution in [0.25, 0.3) is 0 Å². The first kappa shape index (κ1) is 11.9. The van der Waals surface area contributed by atoms with Crippen LogP contribution in [0.5, 0.6) is 0 Å². The summed E-state index contributed by atoms with van der Waals surface area (Å²) in [5.74, 6) is 0.786. The molecule has 0 amide bonds. The van der Waals surface area contributed by atoms with E-state index in [2.05, 4.69) is 20.8 Å². The molecule has 0 heterocycles. The smallest absolute Gasteiger partial charge is 0.0617 e. The highest BCUT2D eigenvalue weighted by atomic mass is 16.5. The summed E-state index contributed by atoms with van der Waals surface area (Å²) in [5, 5.41) is 0. The summed E-state index contributed by atoms with van der Waals surface area (Å²) in [6.45, 7) is 8.14. The van der Waals surface area contributed by atoms with E-state index in [-0.39, 0.29) is 6.04 Å². The van der Waals surface area contributed by atoms with Gasteiger partial charge in [-0.2, -0.15) is 0 Å². The number of ether oxygens (including phenoxy) is 1. The molecule has 0 aromatic heterocycles. The summed E-state index contributed by atoms with van der Waals surface area (Å²) in [6, 6.07) is 0.226. The fourth-order valence-corrected chi connectivity index (χ4v) is 0.946. The molecule has 0 aromatic rings. The van der Waals surface area contributed by atoms with Crippen LogP contribution in [-0.4, -0.2) is 19.3 Å². The van der Waals surface area contributed by atoms with Gasteiger partial charge in [0.15, 0.2) is 0 Å². The van der Waals surface area contributed by atoms with Gasteiger partial charge in [0.25, 0.3) is 0 Å². The van der Waals surface area contributed by atoms with Crippen molar-refractivity contribution < 1.29 is 4.74 Å². The Bertz CT molecular complexity index is 93.8. The van der Waals surface area contributed by atoms with E-state index in [0.717, 1.165) is 25.4 Å². The third-order valence-corrected chi connectivity index (χ3v) is 1.93. The minimum absolute atomic E-state index is 0.226. The van der Waals surface area contributed by atoms with Crippen molar-refractivity contribution in [1.82, 2.24) is 0 Å². The van der Waals surface area contributed by atoms with E-state index in [0.29, 0.717) is 6.61 Å². The Morgan fingerprint density at radius 2 is 2.00 bits per heavy atom. The molecule has 1 unspecified atom stereocenters. The maximum atomic E-state index is 5.69. The van der Waals surface area contributed by atoms with Crippen LogP contribution in [0.1, 0.15) is 40.0 Å². The number of rotatable bonds is 7. The predicted octanol–water partition coefficient (Wildman–Crippen LogP) is 2.18. The van der Waals surface area contributed by atoms with Crippen LogP contribution in [0, 0.1) is 5.92 Å². The highest BCUT2D eigenvalue weighted by Gasteiger charge is 1.98. The van der Waals surface area contributed by atoms with E-state index in [9.17, 15) is 0 Å². The maximum absolute atomic E-state index is 5.69. The van der Waals surface area contributed by atoms with Crippen LogP contribution >= 0.6 is 0 Å². The molecule has 2 nitrogen and oxygen atoms in total. The highest BCUT2D eigenvalue weighted by molar-refractivity contribution is 4.55. The van der Waals surface area contributed by atoms with Gasteiger partial charge in [-0.05, 0) is 25.2 Å².